The molecule has 0 saturated carbocycles. The van der Waals surface area contributed by atoms with Crippen LogP contribution in [0.4, 0.5) is 0 Å². The lowest BCUT2D eigenvalue weighted by Gasteiger charge is -2.09. The van der Waals surface area contributed by atoms with Crippen molar-refractivity contribution in [3.8, 4) is 5.75 Å². The van der Waals surface area contributed by atoms with Gasteiger partial charge in [0.25, 0.3) is 0 Å². The molecule has 0 saturated heterocycles. The Kier molecular flexibility index (Phi) is 3.86. The predicted molar refractivity (Wildman–Crippen MR) is 101 cm³/mol. The molecule has 122 valence electrons. The Morgan fingerprint density at radius 1 is 0.960 bits per heavy atom. The second kappa shape index (κ2) is 6.19. The van der Waals surface area contributed by atoms with E-state index in [1.165, 1.54) is 0 Å². The van der Waals surface area contributed by atoms with E-state index in [-0.39, 0.29) is 5.78 Å². The molecule has 0 aliphatic rings. The summed E-state index contributed by atoms with van der Waals surface area (Å²) in [6.07, 6.45) is 0. The molecule has 0 N–H and O–H groups in total. The number of aromatic nitrogens is 1. The molecule has 3 nitrogen and oxygen atoms in total. The number of benzene rings is 3. The Labute approximate surface area is 149 Å². The fourth-order valence-corrected chi connectivity index (χ4v) is 3.16. The number of carbonyl (C=O) groups excluding carboxylic acids is 1. The first-order valence-electron chi connectivity index (χ1n) is 7.83. The van der Waals surface area contributed by atoms with Crippen LogP contribution in [-0.2, 0) is 0 Å². The summed E-state index contributed by atoms with van der Waals surface area (Å²) in [6.45, 7) is 0. The van der Waals surface area contributed by atoms with Crippen molar-refractivity contribution in [3.63, 3.8) is 0 Å². The van der Waals surface area contributed by atoms with Gasteiger partial charge in [-0.2, -0.15) is 0 Å². The standard InChI is InChI=1S/C21H14ClNO2/c1-25-17-8-7-14-9-15-10-16(22)11-18(20(15)23-19(14)12-17)21(24)13-5-3-2-4-6-13/h2-12H,1H3. The molecule has 1 heterocycles. The van der Waals surface area contributed by atoms with Crippen molar-refractivity contribution >= 4 is 39.2 Å². The number of fused-ring (bicyclic) bond motifs is 2. The van der Waals surface area contributed by atoms with Crippen LogP contribution in [0.5, 0.6) is 5.75 Å². The minimum Gasteiger partial charge on any atom is -0.497 e. The van der Waals surface area contributed by atoms with Crippen LogP contribution in [0, 0.1) is 0 Å². The molecular weight excluding hydrogens is 334 g/mol. The number of carbonyl (C=O) groups is 1. The highest BCUT2D eigenvalue weighted by Crippen LogP contribution is 2.29. The quantitative estimate of drug-likeness (QED) is 0.374. The van der Waals surface area contributed by atoms with Crippen LogP contribution in [0.3, 0.4) is 0 Å². The zero-order chi connectivity index (χ0) is 17.4. The first-order valence-corrected chi connectivity index (χ1v) is 8.21. The predicted octanol–water partition coefficient (Wildman–Crippen LogP) is 5.28. The first kappa shape index (κ1) is 15.6. The minimum atomic E-state index is -0.0946. The van der Waals surface area contributed by atoms with Crippen LogP contribution in [-0.4, -0.2) is 17.9 Å². The molecule has 0 aliphatic heterocycles. The summed E-state index contributed by atoms with van der Waals surface area (Å²) in [5, 5.41) is 2.32. The Morgan fingerprint density at radius 2 is 1.76 bits per heavy atom. The zero-order valence-corrected chi connectivity index (χ0v) is 14.2. The van der Waals surface area contributed by atoms with Crippen LogP contribution in [0.1, 0.15) is 15.9 Å². The van der Waals surface area contributed by atoms with Crippen molar-refractivity contribution in [2.75, 3.05) is 7.11 Å². The number of rotatable bonds is 3. The summed E-state index contributed by atoms with van der Waals surface area (Å²) in [5.74, 6) is 0.632. The van der Waals surface area contributed by atoms with E-state index in [9.17, 15) is 4.79 Å². The summed E-state index contributed by atoms with van der Waals surface area (Å²) in [6, 6.07) is 20.3. The average Bonchev–Trinajstić information content (AvgIpc) is 2.65. The van der Waals surface area contributed by atoms with Crippen molar-refractivity contribution in [3.05, 3.63) is 82.9 Å². The number of pyridine rings is 1. The molecule has 0 unspecified atom stereocenters. The molecule has 4 rings (SSSR count). The van der Waals surface area contributed by atoms with E-state index in [0.29, 0.717) is 21.7 Å². The van der Waals surface area contributed by atoms with E-state index in [0.717, 1.165) is 22.0 Å². The highest BCUT2D eigenvalue weighted by molar-refractivity contribution is 6.32. The number of methoxy groups -OCH3 is 1. The number of hydrogen-bond acceptors (Lipinski definition) is 3. The summed E-state index contributed by atoms with van der Waals surface area (Å²) in [4.78, 5) is 17.7. The van der Waals surface area contributed by atoms with Crippen LogP contribution < -0.4 is 4.74 Å². The summed E-state index contributed by atoms with van der Waals surface area (Å²) in [5.41, 5.74) is 2.52. The van der Waals surface area contributed by atoms with Gasteiger partial charge in [0, 0.05) is 27.4 Å². The fourth-order valence-electron chi connectivity index (χ4n) is 2.93. The van der Waals surface area contributed by atoms with E-state index in [1.807, 2.05) is 48.5 Å². The molecule has 0 aliphatic carbocycles. The highest BCUT2D eigenvalue weighted by atomic mass is 35.5. The number of halogens is 1. The van der Waals surface area contributed by atoms with Gasteiger partial charge in [-0.3, -0.25) is 4.79 Å². The average molecular weight is 348 g/mol. The van der Waals surface area contributed by atoms with Gasteiger partial charge in [0.1, 0.15) is 5.75 Å². The van der Waals surface area contributed by atoms with Gasteiger partial charge in [-0.25, -0.2) is 4.98 Å². The molecule has 0 bridgehead atoms. The maximum absolute atomic E-state index is 12.9. The van der Waals surface area contributed by atoms with Gasteiger partial charge >= 0.3 is 0 Å². The second-order valence-corrected chi connectivity index (χ2v) is 6.20. The zero-order valence-electron chi connectivity index (χ0n) is 13.5. The third kappa shape index (κ3) is 2.83. The van der Waals surface area contributed by atoms with Crippen LogP contribution >= 0.6 is 11.6 Å². The molecule has 0 amide bonds. The van der Waals surface area contributed by atoms with Crippen molar-refractivity contribution in [2.45, 2.75) is 0 Å². The van der Waals surface area contributed by atoms with Crippen molar-refractivity contribution < 1.29 is 9.53 Å². The van der Waals surface area contributed by atoms with Crippen molar-refractivity contribution in [1.82, 2.24) is 4.98 Å². The van der Waals surface area contributed by atoms with E-state index in [2.05, 4.69) is 0 Å². The lowest BCUT2D eigenvalue weighted by atomic mass is 9.99. The second-order valence-electron chi connectivity index (χ2n) is 5.77. The van der Waals surface area contributed by atoms with Crippen LogP contribution in [0.25, 0.3) is 21.8 Å². The van der Waals surface area contributed by atoms with Gasteiger partial charge in [0.15, 0.2) is 5.78 Å². The topological polar surface area (TPSA) is 39.2 Å². The Bertz CT molecular complexity index is 1110. The third-order valence-corrected chi connectivity index (χ3v) is 4.38. The number of ether oxygens (including phenoxy) is 1. The molecule has 0 spiro atoms. The van der Waals surface area contributed by atoms with E-state index < -0.39 is 0 Å². The number of hydrogen-bond donors (Lipinski definition) is 0. The summed E-state index contributed by atoms with van der Waals surface area (Å²) < 4.78 is 5.27. The normalized spacial score (nSPS) is 11.0. The molecule has 4 aromatic rings. The molecule has 1 aromatic heterocycles. The molecule has 0 atom stereocenters. The molecule has 25 heavy (non-hydrogen) atoms. The van der Waals surface area contributed by atoms with Gasteiger partial charge in [0.05, 0.1) is 23.7 Å². The van der Waals surface area contributed by atoms with Crippen molar-refractivity contribution in [2.24, 2.45) is 0 Å². The summed E-state index contributed by atoms with van der Waals surface area (Å²) in [7, 11) is 1.62. The fraction of sp³-hybridized carbons (Fsp3) is 0.0476. The molecule has 4 heteroatoms. The lowest BCUT2D eigenvalue weighted by Crippen LogP contribution is -2.03. The largest absolute Gasteiger partial charge is 0.497 e. The maximum atomic E-state index is 12.9. The van der Waals surface area contributed by atoms with Crippen molar-refractivity contribution in [1.29, 1.82) is 0 Å². The van der Waals surface area contributed by atoms with E-state index >= 15 is 0 Å². The highest BCUT2D eigenvalue weighted by Gasteiger charge is 2.15. The van der Waals surface area contributed by atoms with Gasteiger partial charge in [-0.15, -0.1) is 0 Å². The summed E-state index contributed by atoms with van der Waals surface area (Å²) >= 11 is 6.25. The Hall–Kier alpha value is -2.91. The lowest BCUT2D eigenvalue weighted by molar-refractivity contribution is 0.104. The van der Waals surface area contributed by atoms with E-state index in [4.69, 9.17) is 21.3 Å². The number of ketones is 1. The Balaban J connectivity index is 1.99. The van der Waals surface area contributed by atoms with Crippen LogP contribution in [0.15, 0.2) is 66.7 Å². The monoisotopic (exact) mass is 347 g/mol. The molecule has 0 radical (unpaired) electrons. The van der Waals surface area contributed by atoms with E-state index in [1.54, 1.807) is 25.3 Å². The van der Waals surface area contributed by atoms with Gasteiger partial charge in [-0.1, -0.05) is 41.9 Å². The minimum absolute atomic E-state index is 0.0946. The van der Waals surface area contributed by atoms with Gasteiger partial charge in [-0.05, 0) is 30.3 Å². The van der Waals surface area contributed by atoms with Gasteiger partial charge < -0.3 is 4.74 Å². The molecule has 0 fully saturated rings. The molecule has 3 aromatic carbocycles. The van der Waals surface area contributed by atoms with Crippen LogP contribution in [0.2, 0.25) is 5.02 Å². The molecular formula is C21H14ClNO2. The smallest absolute Gasteiger partial charge is 0.195 e. The maximum Gasteiger partial charge on any atom is 0.195 e. The third-order valence-electron chi connectivity index (χ3n) is 4.17. The SMILES string of the molecule is COc1ccc2cc3cc(Cl)cc(C(=O)c4ccccc4)c3nc2c1. The Morgan fingerprint density at radius 3 is 2.52 bits per heavy atom. The first-order chi connectivity index (χ1) is 12.2. The number of nitrogens with zero attached hydrogens (tertiary/aromatic N) is 1. The van der Waals surface area contributed by atoms with Gasteiger partial charge in [0.2, 0.25) is 0 Å².